The average molecular weight is 246 g/mol. The number of dihydropyridines is 1. The van der Waals surface area contributed by atoms with Crippen molar-refractivity contribution in [2.75, 3.05) is 12.3 Å². The van der Waals surface area contributed by atoms with Gasteiger partial charge in [-0.25, -0.2) is 4.39 Å². The van der Waals surface area contributed by atoms with Crippen molar-refractivity contribution in [3.05, 3.63) is 35.7 Å². The van der Waals surface area contributed by atoms with Gasteiger partial charge in [0.2, 0.25) is 0 Å². The van der Waals surface area contributed by atoms with Gasteiger partial charge in [0.05, 0.1) is 6.54 Å². The molecule has 2 N–H and O–H groups in total. The lowest BCUT2D eigenvalue weighted by atomic mass is 9.83. The zero-order valence-electron chi connectivity index (χ0n) is 11.1. The molecule has 0 radical (unpaired) electrons. The Morgan fingerprint density at radius 2 is 2.00 bits per heavy atom. The Bertz CT molecular complexity index is 522. The van der Waals surface area contributed by atoms with Crippen LogP contribution in [0, 0.1) is 11.2 Å². The van der Waals surface area contributed by atoms with Crippen LogP contribution in [0.1, 0.15) is 32.8 Å². The maximum absolute atomic E-state index is 13.8. The van der Waals surface area contributed by atoms with Gasteiger partial charge in [0.25, 0.3) is 0 Å². The van der Waals surface area contributed by atoms with E-state index in [1.165, 1.54) is 6.07 Å². The summed E-state index contributed by atoms with van der Waals surface area (Å²) in [7, 11) is 0. The van der Waals surface area contributed by atoms with E-state index in [0.29, 0.717) is 24.2 Å². The monoisotopic (exact) mass is 246 g/mol. The number of halogens is 1. The van der Waals surface area contributed by atoms with E-state index in [1.807, 2.05) is 6.08 Å². The minimum absolute atomic E-state index is 0.0241. The third kappa shape index (κ3) is 2.61. The maximum Gasteiger partial charge on any atom is 0.130 e. The van der Waals surface area contributed by atoms with Crippen LogP contribution in [-0.2, 0) is 0 Å². The normalized spacial score (nSPS) is 16.2. The van der Waals surface area contributed by atoms with Gasteiger partial charge in [0.1, 0.15) is 5.82 Å². The molecular weight excluding hydrogens is 227 g/mol. The molecule has 1 aromatic carbocycles. The van der Waals surface area contributed by atoms with Crippen LogP contribution in [0.3, 0.4) is 0 Å². The number of nitrogen functional groups attached to an aromatic ring is 1. The van der Waals surface area contributed by atoms with Crippen molar-refractivity contribution in [3.63, 3.8) is 0 Å². The number of nitrogens with two attached hydrogens (primary N) is 1. The lowest BCUT2D eigenvalue weighted by Gasteiger charge is -2.25. The second-order valence-electron chi connectivity index (χ2n) is 5.68. The zero-order valence-corrected chi connectivity index (χ0v) is 11.1. The van der Waals surface area contributed by atoms with E-state index in [0.717, 1.165) is 11.3 Å². The van der Waals surface area contributed by atoms with Crippen molar-refractivity contribution in [1.82, 2.24) is 0 Å². The Balaban J connectivity index is 2.31. The molecule has 0 aliphatic carbocycles. The third-order valence-corrected chi connectivity index (χ3v) is 3.18. The molecule has 0 fully saturated rings. The number of allylic oxidation sites excluding steroid dienone is 1. The van der Waals surface area contributed by atoms with Gasteiger partial charge in [-0.15, -0.1) is 0 Å². The molecule has 0 bridgehead atoms. The molecule has 3 heteroatoms. The molecular formula is C15H19FN2. The van der Waals surface area contributed by atoms with Gasteiger partial charge in [-0.2, -0.15) is 0 Å². The molecule has 2 nitrogen and oxygen atoms in total. The number of aliphatic imine (C=N–C) groups is 1. The van der Waals surface area contributed by atoms with Crippen LogP contribution < -0.4 is 5.73 Å². The van der Waals surface area contributed by atoms with Crippen molar-refractivity contribution in [2.24, 2.45) is 10.4 Å². The van der Waals surface area contributed by atoms with E-state index in [4.69, 9.17) is 5.73 Å². The SMILES string of the molecule is CC(C)(C)C1=NCC=C(c2cc(N)ccc2F)C1. The highest BCUT2D eigenvalue weighted by molar-refractivity contribution is 5.99. The van der Waals surface area contributed by atoms with Gasteiger partial charge in [-0.05, 0) is 23.8 Å². The van der Waals surface area contributed by atoms with Crippen LogP contribution in [0.5, 0.6) is 0 Å². The molecule has 0 atom stereocenters. The largest absolute Gasteiger partial charge is 0.399 e. The highest BCUT2D eigenvalue weighted by Crippen LogP contribution is 2.31. The van der Waals surface area contributed by atoms with Crippen LogP contribution in [0.4, 0.5) is 10.1 Å². The van der Waals surface area contributed by atoms with Gasteiger partial charge in [0.15, 0.2) is 0 Å². The molecule has 1 aliphatic heterocycles. The van der Waals surface area contributed by atoms with Gasteiger partial charge < -0.3 is 5.73 Å². The van der Waals surface area contributed by atoms with Gasteiger partial charge in [-0.1, -0.05) is 26.8 Å². The first kappa shape index (κ1) is 12.8. The van der Waals surface area contributed by atoms with Crippen molar-refractivity contribution < 1.29 is 4.39 Å². The fourth-order valence-corrected chi connectivity index (χ4v) is 2.07. The Morgan fingerprint density at radius 3 is 2.67 bits per heavy atom. The number of rotatable bonds is 1. The molecule has 0 spiro atoms. The predicted molar refractivity (Wildman–Crippen MR) is 75.2 cm³/mol. The molecule has 1 heterocycles. The first-order chi connectivity index (χ1) is 8.38. The quantitative estimate of drug-likeness (QED) is 0.754. The summed E-state index contributed by atoms with van der Waals surface area (Å²) < 4.78 is 13.8. The molecule has 1 aliphatic rings. The Morgan fingerprint density at radius 1 is 1.28 bits per heavy atom. The number of hydrogen-bond donors (Lipinski definition) is 1. The minimum atomic E-state index is -0.217. The van der Waals surface area contributed by atoms with E-state index in [2.05, 4.69) is 25.8 Å². The molecule has 1 aromatic rings. The van der Waals surface area contributed by atoms with Crippen molar-refractivity contribution in [2.45, 2.75) is 27.2 Å². The summed E-state index contributed by atoms with van der Waals surface area (Å²) in [6.07, 6.45) is 2.68. The lowest BCUT2D eigenvalue weighted by Crippen LogP contribution is -2.23. The lowest BCUT2D eigenvalue weighted by molar-refractivity contribution is 0.579. The minimum Gasteiger partial charge on any atom is -0.399 e. The highest BCUT2D eigenvalue weighted by atomic mass is 19.1. The average Bonchev–Trinajstić information content (AvgIpc) is 2.31. The number of nitrogens with zero attached hydrogens (tertiary/aromatic N) is 1. The Labute approximate surface area is 107 Å². The van der Waals surface area contributed by atoms with Crippen LogP contribution >= 0.6 is 0 Å². The summed E-state index contributed by atoms with van der Waals surface area (Å²) in [5, 5.41) is 0. The highest BCUT2D eigenvalue weighted by Gasteiger charge is 2.23. The second kappa shape index (κ2) is 4.56. The fourth-order valence-electron chi connectivity index (χ4n) is 2.07. The van der Waals surface area contributed by atoms with E-state index in [9.17, 15) is 4.39 Å². The topological polar surface area (TPSA) is 38.4 Å². The molecule has 0 unspecified atom stereocenters. The van der Waals surface area contributed by atoms with E-state index < -0.39 is 0 Å². The van der Waals surface area contributed by atoms with Crippen LogP contribution in [0.15, 0.2) is 29.3 Å². The molecule has 2 rings (SSSR count). The van der Waals surface area contributed by atoms with E-state index in [1.54, 1.807) is 12.1 Å². The molecule has 0 saturated carbocycles. The number of anilines is 1. The second-order valence-corrected chi connectivity index (χ2v) is 5.68. The fraction of sp³-hybridized carbons (Fsp3) is 0.400. The van der Waals surface area contributed by atoms with Crippen LogP contribution in [0.25, 0.3) is 5.57 Å². The Kier molecular flexibility index (Phi) is 3.24. The van der Waals surface area contributed by atoms with Crippen LogP contribution in [-0.4, -0.2) is 12.3 Å². The smallest absolute Gasteiger partial charge is 0.130 e. The molecule has 0 aromatic heterocycles. The predicted octanol–water partition coefficient (Wildman–Crippen LogP) is 3.68. The third-order valence-electron chi connectivity index (χ3n) is 3.18. The summed E-state index contributed by atoms with van der Waals surface area (Å²) in [5.74, 6) is -0.217. The van der Waals surface area contributed by atoms with Gasteiger partial charge in [-0.3, -0.25) is 4.99 Å². The molecule has 18 heavy (non-hydrogen) atoms. The van der Waals surface area contributed by atoms with Crippen molar-refractivity contribution in [3.8, 4) is 0 Å². The summed E-state index contributed by atoms with van der Waals surface area (Å²) in [5.41, 5.74) is 9.05. The summed E-state index contributed by atoms with van der Waals surface area (Å²) in [6.45, 7) is 7.01. The van der Waals surface area contributed by atoms with Crippen LogP contribution in [0.2, 0.25) is 0 Å². The first-order valence-electron chi connectivity index (χ1n) is 6.16. The first-order valence-corrected chi connectivity index (χ1v) is 6.16. The molecule has 0 amide bonds. The van der Waals surface area contributed by atoms with Gasteiger partial charge in [0, 0.05) is 28.8 Å². The van der Waals surface area contributed by atoms with E-state index >= 15 is 0 Å². The van der Waals surface area contributed by atoms with Crippen molar-refractivity contribution in [1.29, 1.82) is 0 Å². The zero-order chi connectivity index (χ0) is 13.3. The number of benzene rings is 1. The summed E-state index contributed by atoms with van der Waals surface area (Å²) in [4.78, 5) is 4.52. The summed E-state index contributed by atoms with van der Waals surface area (Å²) >= 11 is 0. The Hall–Kier alpha value is -1.64. The standard InChI is InChI=1S/C15H19FN2/c1-15(2,3)14-8-10(6-7-18-14)12-9-11(17)4-5-13(12)16/h4-6,9H,7-8,17H2,1-3H3. The maximum atomic E-state index is 13.8. The molecule has 0 saturated heterocycles. The summed E-state index contributed by atoms with van der Waals surface area (Å²) in [6, 6.07) is 4.71. The van der Waals surface area contributed by atoms with Crippen molar-refractivity contribution >= 4 is 17.0 Å². The molecule has 96 valence electrons. The number of hydrogen-bond acceptors (Lipinski definition) is 2. The van der Waals surface area contributed by atoms with Gasteiger partial charge >= 0.3 is 0 Å². The van der Waals surface area contributed by atoms with E-state index in [-0.39, 0.29) is 11.2 Å².